The first-order valence-electron chi connectivity index (χ1n) is 11.4. The number of hydrogen-bond donors (Lipinski definition) is 3. The van der Waals surface area contributed by atoms with Crippen LogP contribution >= 0.6 is 11.6 Å². The highest BCUT2D eigenvalue weighted by molar-refractivity contribution is 7.92. The van der Waals surface area contributed by atoms with Gasteiger partial charge in [0.25, 0.3) is 21.8 Å². The standard InChI is InChI=1S/C26H26ClN3O5S/c1-17-8-11-20(12-9-17)36(33,34)30-18-10-13-21(23(27)15-18)26(32)29-24-7-3-2-6-22(24)25(31)28-16-19-5-4-14-35-19/h2-3,6-13,15,19,30H,4-5,14,16H2,1H3,(H,28,31)(H,29,32)/t19-/m0/s1. The number of sulfonamides is 1. The van der Waals surface area contributed by atoms with Crippen LogP contribution in [0.25, 0.3) is 0 Å². The normalized spacial score (nSPS) is 15.3. The van der Waals surface area contributed by atoms with Crippen LogP contribution in [0.1, 0.15) is 39.1 Å². The van der Waals surface area contributed by atoms with Crippen LogP contribution in [-0.2, 0) is 14.8 Å². The van der Waals surface area contributed by atoms with Crippen LogP contribution in [0.4, 0.5) is 11.4 Å². The molecule has 8 nitrogen and oxygen atoms in total. The van der Waals surface area contributed by atoms with Gasteiger partial charge >= 0.3 is 0 Å². The van der Waals surface area contributed by atoms with Crippen molar-refractivity contribution in [3.63, 3.8) is 0 Å². The van der Waals surface area contributed by atoms with Crippen molar-refractivity contribution in [2.45, 2.75) is 30.8 Å². The van der Waals surface area contributed by atoms with Crippen LogP contribution in [0.2, 0.25) is 5.02 Å². The minimum atomic E-state index is -3.82. The number of para-hydroxylation sites is 1. The van der Waals surface area contributed by atoms with Gasteiger partial charge in [0.1, 0.15) is 0 Å². The third-order valence-electron chi connectivity index (χ3n) is 5.73. The van der Waals surface area contributed by atoms with Crippen molar-refractivity contribution < 1.29 is 22.7 Å². The summed E-state index contributed by atoms with van der Waals surface area (Å²) in [5.74, 6) is -0.860. The fraction of sp³-hybridized carbons (Fsp3) is 0.231. The number of halogens is 1. The molecule has 0 aromatic heterocycles. The molecule has 10 heteroatoms. The van der Waals surface area contributed by atoms with E-state index in [0.717, 1.165) is 18.4 Å². The van der Waals surface area contributed by atoms with Gasteiger partial charge in [-0.3, -0.25) is 14.3 Å². The monoisotopic (exact) mass is 527 g/mol. The molecule has 188 valence electrons. The van der Waals surface area contributed by atoms with Crippen LogP contribution in [0.5, 0.6) is 0 Å². The van der Waals surface area contributed by atoms with Crippen molar-refractivity contribution >= 4 is 44.8 Å². The molecule has 0 spiro atoms. The molecule has 3 aromatic rings. The van der Waals surface area contributed by atoms with Crippen LogP contribution in [-0.4, -0.2) is 39.5 Å². The Labute approximate surface area is 215 Å². The average Bonchev–Trinajstić information content (AvgIpc) is 3.37. The lowest BCUT2D eigenvalue weighted by atomic mass is 10.1. The largest absolute Gasteiger partial charge is 0.376 e. The molecule has 0 radical (unpaired) electrons. The summed E-state index contributed by atoms with van der Waals surface area (Å²) in [6, 6.07) is 17.3. The Morgan fingerprint density at radius 2 is 1.75 bits per heavy atom. The first-order chi connectivity index (χ1) is 17.2. The lowest BCUT2D eigenvalue weighted by Gasteiger charge is -2.14. The van der Waals surface area contributed by atoms with Crippen LogP contribution in [0.15, 0.2) is 71.6 Å². The number of rotatable bonds is 8. The number of hydrogen-bond acceptors (Lipinski definition) is 5. The summed E-state index contributed by atoms with van der Waals surface area (Å²) in [6.07, 6.45) is 1.87. The molecule has 36 heavy (non-hydrogen) atoms. The fourth-order valence-corrected chi connectivity index (χ4v) is 5.10. The van der Waals surface area contributed by atoms with Crippen molar-refractivity contribution in [3.05, 3.63) is 88.4 Å². The molecule has 0 unspecified atom stereocenters. The molecule has 0 bridgehead atoms. The third-order valence-corrected chi connectivity index (χ3v) is 7.44. The van der Waals surface area contributed by atoms with E-state index in [1.807, 2.05) is 6.92 Å². The third kappa shape index (κ3) is 6.23. The Bertz CT molecular complexity index is 1370. The molecule has 0 aliphatic carbocycles. The number of carbonyl (C=O) groups excluding carboxylic acids is 2. The summed E-state index contributed by atoms with van der Waals surface area (Å²) in [5.41, 5.74) is 1.92. The Morgan fingerprint density at radius 3 is 2.44 bits per heavy atom. The first-order valence-corrected chi connectivity index (χ1v) is 13.3. The topological polar surface area (TPSA) is 114 Å². The zero-order valence-electron chi connectivity index (χ0n) is 19.6. The van der Waals surface area contributed by atoms with E-state index in [0.29, 0.717) is 24.4 Å². The summed E-state index contributed by atoms with van der Waals surface area (Å²) in [6.45, 7) is 2.96. The smallest absolute Gasteiger partial charge is 0.261 e. The molecule has 3 N–H and O–H groups in total. The second-order valence-electron chi connectivity index (χ2n) is 8.46. The molecular weight excluding hydrogens is 502 g/mol. The quantitative estimate of drug-likeness (QED) is 0.396. The van der Waals surface area contributed by atoms with E-state index in [2.05, 4.69) is 15.4 Å². The zero-order valence-corrected chi connectivity index (χ0v) is 21.2. The Hall–Kier alpha value is -3.40. The average molecular weight is 528 g/mol. The second-order valence-corrected chi connectivity index (χ2v) is 10.5. The molecule has 0 saturated carbocycles. The first kappa shape index (κ1) is 25.7. The SMILES string of the molecule is Cc1ccc(S(=O)(=O)Nc2ccc(C(=O)Nc3ccccc3C(=O)NC[C@@H]3CCCO3)c(Cl)c2)cc1. The summed E-state index contributed by atoms with van der Waals surface area (Å²) in [4.78, 5) is 25.8. The summed E-state index contributed by atoms with van der Waals surface area (Å²) < 4.78 is 33.3. The minimum absolute atomic E-state index is 0.00328. The lowest BCUT2D eigenvalue weighted by molar-refractivity contribution is 0.0858. The van der Waals surface area contributed by atoms with Gasteiger partial charge in [-0.1, -0.05) is 41.4 Å². The molecule has 1 saturated heterocycles. The van der Waals surface area contributed by atoms with Crippen LogP contribution < -0.4 is 15.4 Å². The predicted molar refractivity (Wildman–Crippen MR) is 139 cm³/mol. The molecule has 1 aliphatic heterocycles. The van der Waals surface area contributed by atoms with Crippen LogP contribution in [0, 0.1) is 6.92 Å². The van der Waals surface area contributed by atoms with Gasteiger partial charge in [0.2, 0.25) is 0 Å². The maximum atomic E-state index is 12.9. The van der Waals surface area contributed by atoms with Crippen molar-refractivity contribution in [2.24, 2.45) is 0 Å². The molecule has 4 rings (SSSR count). The molecular formula is C26H26ClN3O5S. The molecule has 1 atom stereocenters. The molecule has 2 amide bonds. The number of carbonyl (C=O) groups is 2. The van der Waals surface area contributed by atoms with E-state index in [9.17, 15) is 18.0 Å². The van der Waals surface area contributed by atoms with Gasteiger partial charge < -0.3 is 15.4 Å². The molecule has 1 heterocycles. The highest BCUT2D eigenvalue weighted by Crippen LogP contribution is 2.25. The molecule has 1 aliphatic rings. The van der Waals surface area contributed by atoms with Crippen molar-refractivity contribution in [3.8, 4) is 0 Å². The predicted octanol–water partition coefficient (Wildman–Crippen LogP) is 4.61. The van der Waals surface area contributed by atoms with E-state index in [1.165, 1.54) is 30.3 Å². The highest BCUT2D eigenvalue weighted by atomic mass is 35.5. The number of aryl methyl sites for hydroxylation is 1. The van der Waals surface area contributed by atoms with Gasteiger partial charge in [-0.25, -0.2) is 8.42 Å². The maximum absolute atomic E-state index is 12.9. The second kappa shape index (κ2) is 11.1. The van der Waals surface area contributed by atoms with Crippen molar-refractivity contribution in [1.82, 2.24) is 5.32 Å². The zero-order chi connectivity index (χ0) is 25.7. The van der Waals surface area contributed by atoms with E-state index < -0.39 is 15.9 Å². The number of nitrogens with one attached hydrogen (secondary N) is 3. The maximum Gasteiger partial charge on any atom is 0.261 e. The van der Waals surface area contributed by atoms with Crippen LogP contribution in [0.3, 0.4) is 0 Å². The number of anilines is 2. The summed E-state index contributed by atoms with van der Waals surface area (Å²) in [5, 5.41) is 5.62. The van der Waals surface area contributed by atoms with Gasteiger partial charge in [0.05, 0.1) is 38.5 Å². The Kier molecular flexibility index (Phi) is 7.93. The Balaban J connectivity index is 1.45. The molecule has 1 fully saturated rings. The van der Waals surface area contributed by atoms with Gasteiger partial charge in [-0.2, -0.15) is 0 Å². The van der Waals surface area contributed by atoms with Gasteiger partial charge in [0.15, 0.2) is 0 Å². The lowest BCUT2D eigenvalue weighted by Crippen LogP contribution is -2.32. The summed E-state index contributed by atoms with van der Waals surface area (Å²) in [7, 11) is -3.82. The van der Waals surface area contributed by atoms with Gasteiger partial charge in [-0.05, 0) is 62.2 Å². The van der Waals surface area contributed by atoms with E-state index in [4.69, 9.17) is 16.3 Å². The number of benzene rings is 3. The number of ether oxygens (including phenoxy) is 1. The van der Waals surface area contributed by atoms with Crippen molar-refractivity contribution in [2.75, 3.05) is 23.2 Å². The summed E-state index contributed by atoms with van der Waals surface area (Å²) >= 11 is 6.32. The fourth-order valence-electron chi connectivity index (χ4n) is 3.78. The van der Waals surface area contributed by atoms with Crippen molar-refractivity contribution in [1.29, 1.82) is 0 Å². The minimum Gasteiger partial charge on any atom is -0.376 e. The van der Waals surface area contributed by atoms with Gasteiger partial charge in [0, 0.05) is 13.2 Å². The number of amides is 2. The van der Waals surface area contributed by atoms with Gasteiger partial charge in [-0.15, -0.1) is 0 Å². The molecule has 3 aromatic carbocycles. The van der Waals surface area contributed by atoms with E-state index >= 15 is 0 Å². The Morgan fingerprint density at radius 1 is 1.00 bits per heavy atom. The highest BCUT2D eigenvalue weighted by Gasteiger charge is 2.20. The van der Waals surface area contributed by atoms with E-state index in [-0.39, 0.29) is 33.2 Å². The van der Waals surface area contributed by atoms with E-state index in [1.54, 1.807) is 36.4 Å².